The number of epoxide rings is 1. The first kappa shape index (κ1) is 34.7. The molecule has 13 heteroatoms. The van der Waals surface area contributed by atoms with Crippen molar-refractivity contribution in [3.8, 4) is 5.75 Å². The van der Waals surface area contributed by atoms with Crippen LogP contribution in [-0.2, 0) is 35.0 Å². The van der Waals surface area contributed by atoms with E-state index in [1.807, 2.05) is 25.1 Å². The molecule has 0 saturated carbocycles. The second-order valence-corrected chi connectivity index (χ2v) is 12.8. The number of rotatable bonds is 5. The van der Waals surface area contributed by atoms with Gasteiger partial charge in [-0.15, -0.1) is 0 Å². The van der Waals surface area contributed by atoms with E-state index in [0.29, 0.717) is 17.9 Å². The van der Waals surface area contributed by atoms with E-state index < -0.39 is 53.8 Å². The zero-order valence-electron chi connectivity index (χ0n) is 27.1. The Hall–Kier alpha value is -3.16. The number of esters is 1. The first-order chi connectivity index (χ1) is 21.1. The number of nitrogens with one attached hydrogen (secondary N) is 1. The van der Waals surface area contributed by atoms with Gasteiger partial charge >= 0.3 is 12.1 Å². The first-order valence-electron chi connectivity index (χ1n) is 14.9. The molecular formula is C32H44ClN3O9. The fraction of sp³-hybridized carbons (Fsp3) is 0.594. The van der Waals surface area contributed by atoms with Gasteiger partial charge in [-0.2, -0.15) is 0 Å². The minimum Gasteiger partial charge on any atom is -0.495 e. The zero-order chi connectivity index (χ0) is 33.3. The fourth-order valence-electron chi connectivity index (χ4n) is 5.70. The van der Waals surface area contributed by atoms with Crippen LogP contribution >= 0.6 is 11.6 Å². The number of anilines is 1. The third kappa shape index (κ3) is 7.63. The summed E-state index contributed by atoms with van der Waals surface area (Å²) in [4.78, 5) is 42.7. The second-order valence-electron chi connectivity index (χ2n) is 12.4. The largest absolute Gasteiger partial charge is 0.495 e. The van der Waals surface area contributed by atoms with Crippen LogP contribution in [-0.4, -0.2) is 105 Å². The summed E-state index contributed by atoms with van der Waals surface area (Å²) in [7, 11) is 8.06. The molecule has 1 aromatic carbocycles. The van der Waals surface area contributed by atoms with Crippen LogP contribution in [0.15, 0.2) is 35.9 Å². The van der Waals surface area contributed by atoms with Crippen molar-refractivity contribution in [2.45, 2.75) is 88.2 Å². The second kappa shape index (κ2) is 13.7. The number of carbonyl (C=O) groups is 3. The summed E-state index contributed by atoms with van der Waals surface area (Å²) in [6, 6.07) is 3.05. The van der Waals surface area contributed by atoms with Gasteiger partial charge in [-0.3, -0.25) is 19.8 Å². The maximum Gasteiger partial charge on any atom is 0.409 e. The highest BCUT2D eigenvalue weighted by molar-refractivity contribution is 6.35. The molecule has 3 heterocycles. The number of allylic oxidation sites excluding steroid dienone is 3. The van der Waals surface area contributed by atoms with Gasteiger partial charge in [0.2, 0.25) is 5.91 Å². The molecular weight excluding hydrogens is 606 g/mol. The highest BCUT2D eigenvalue weighted by Gasteiger charge is 2.61. The molecule has 2 amide bonds. The van der Waals surface area contributed by atoms with Gasteiger partial charge in [-0.05, 0) is 59.0 Å². The van der Waals surface area contributed by atoms with Crippen molar-refractivity contribution in [3.05, 3.63) is 46.5 Å². The van der Waals surface area contributed by atoms with Crippen LogP contribution in [0.2, 0.25) is 5.02 Å². The Labute approximate surface area is 269 Å². The number of nitrogens with zero attached hydrogens (tertiary/aromatic N) is 2. The lowest BCUT2D eigenvalue weighted by molar-refractivity contribution is -0.158. The molecule has 4 bridgehead atoms. The van der Waals surface area contributed by atoms with Gasteiger partial charge < -0.3 is 33.7 Å². The van der Waals surface area contributed by atoms with Gasteiger partial charge in [-0.1, -0.05) is 35.4 Å². The number of benzene rings is 1. The van der Waals surface area contributed by atoms with Crippen LogP contribution in [0.3, 0.4) is 0 Å². The Morgan fingerprint density at radius 3 is 2.62 bits per heavy atom. The van der Waals surface area contributed by atoms with Gasteiger partial charge in [0.25, 0.3) is 0 Å². The van der Waals surface area contributed by atoms with Crippen molar-refractivity contribution in [2.75, 3.05) is 40.3 Å². The van der Waals surface area contributed by atoms with E-state index in [4.69, 9.17) is 35.3 Å². The molecule has 3 aliphatic rings. The minimum absolute atomic E-state index is 0.00807. The summed E-state index contributed by atoms with van der Waals surface area (Å²) in [6.07, 6.45) is 1.83. The molecule has 12 nitrogen and oxygen atoms in total. The number of carbonyl (C=O) groups excluding carboxylic acids is 3. The predicted molar refractivity (Wildman–Crippen MR) is 167 cm³/mol. The van der Waals surface area contributed by atoms with Crippen LogP contribution in [0, 0.1) is 0 Å². The molecule has 2 unspecified atom stereocenters. The van der Waals surface area contributed by atoms with E-state index in [1.165, 1.54) is 19.1 Å². The maximum atomic E-state index is 13.8. The first-order valence-corrected chi connectivity index (χ1v) is 15.2. The normalized spacial score (nSPS) is 33.2. The number of ether oxygens (including phenoxy) is 5. The molecule has 248 valence electrons. The summed E-state index contributed by atoms with van der Waals surface area (Å²) in [6.45, 7) is 5.40. The molecule has 2 fully saturated rings. The Morgan fingerprint density at radius 2 is 1.98 bits per heavy atom. The Kier molecular flexibility index (Phi) is 10.6. The molecule has 7 atom stereocenters. The summed E-state index contributed by atoms with van der Waals surface area (Å²) >= 11 is 6.69. The summed E-state index contributed by atoms with van der Waals surface area (Å²) in [5.74, 6) is -0.473. The molecule has 1 aromatic rings. The predicted octanol–water partition coefficient (Wildman–Crippen LogP) is 3.37. The number of aliphatic hydroxyl groups is 1. The zero-order valence-corrected chi connectivity index (χ0v) is 27.8. The third-order valence-corrected chi connectivity index (χ3v) is 9.25. The molecule has 0 aromatic heterocycles. The van der Waals surface area contributed by atoms with Crippen LogP contribution in [0.5, 0.6) is 5.75 Å². The number of fused-ring (bicyclic) bond motifs is 5. The number of hydrogen-bond donors (Lipinski definition) is 2. The average molecular weight is 650 g/mol. The molecule has 0 aliphatic carbocycles. The lowest BCUT2D eigenvalue weighted by Gasteiger charge is -2.40. The Morgan fingerprint density at radius 1 is 1.27 bits per heavy atom. The van der Waals surface area contributed by atoms with Gasteiger partial charge in [0.15, 0.2) is 5.72 Å². The number of alkyl carbamates (subject to hydrolysis) is 1. The van der Waals surface area contributed by atoms with Crippen molar-refractivity contribution in [3.63, 3.8) is 0 Å². The van der Waals surface area contributed by atoms with Crippen molar-refractivity contribution < 1.29 is 43.2 Å². The maximum absolute atomic E-state index is 13.8. The number of likely N-dealkylation sites (N-methyl/N-ethyl adjacent to an activating group) is 1. The lowest BCUT2D eigenvalue weighted by atomic mass is 9.90. The van der Waals surface area contributed by atoms with E-state index in [1.54, 1.807) is 52.0 Å². The molecule has 2 saturated heterocycles. The summed E-state index contributed by atoms with van der Waals surface area (Å²) < 4.78 is 28.7. The highest BCUT2D eigenvalue weighted by atomic mass is 35.5. The Balaban J connectivity index is 1.76. The molecule has 45 heavy (non-hydrogen) atoms. The van der Waals surface area contributed by atoms with E-state index in [2.05, 4.69) is 5.32 Å². The average Bonchev–Trinajstić information content (AvgIpc) is 3.63. The van der Waals surface area contributed by atoms with Gasteiger partial charge in [0.05, 0.1) is 25.3 Å². The Bertz CT molecular complexity index is 1370. The summed E-state index contributed by atoms with van der Waals surface area (Å²) in [5, 5.41) is 14.3. The SMILES string of the molecule is COc1cc2cc(c1Cl)N(C)C(=O)C[C@H](OC(=O)[C@H](C)N(C)C)[C@]1(C)OC1CC1C[C@@](O)(NC(=O)O1)[C@H](OC)/C=C/C=C(\C)C2. The third-order valence-electron chi connectivity index (χ3n) is 8.87. The van der Waals surface area contributed by atoms with E-state index in [-0.39, 0.29) is 30.2 Å². The van der Waals surface area contributed by atoms with E-state index in [9.17, 15) is 19.5 Å². The molecule has 4 rings (SSSR count). The van der Waals surface area contributed by atoms with Crippen molar-refractivity contribution in [1.29, 1.82) is 0 Å². The quantitative estimate of drug-likeness (QED) is 0.361. The van der Waals surface area contributed by atoms with Gasteiger partial charge in [-0.25, -0.2) is 4.79 Å². The van der Waals surface area contributed by atoms with Crippen molar-refractivity contribution in [1.82, 2.24) is 10.2 Å². The van der Waals surface area contributed by atoms with E-state index in [0.717, 1.165) is 11.1 Å². The highest BCUT2D eigenvalue weighted by Crippen LogP contribution is 2.46. The monoisotopic (exact) mass is 649 g/mol. The van der Waals surface area contributed by atoms with Gasteiger partial charge in [0, 0.05) is 27.0 Å². The lowest BCUT2D eigenvalue weighted by Crippen LogP contribution is -2.62. The topological polar surface area (TPSA) is 139 Å². The number of amides is 2. The smallest absolute Gasteiger partial charge is 0.409 e. The minimum atomic E-state index is -1.76. The van der Waals surface area contributed by atoms with Crippen LogP contribution in [0.4, 0.5) is 10.5 Å². The molecule has 3 aliphatic heterocycles. The van der Waals surface area contributed by atoms with Crippen molar-refractivity contribution in [2.24, 2.45) is 0 Å². The fourth-order valence-corrected chi connectivity index (χ4v) is 6.01. The molecule has 2 N–H and O–H groups in total. The van der Waals surface area contributed by atoms with Crippen LogP contribution < -0.4 is 15.0 Å². The number of hydrogen-bond acceptors (Lipinski definition) is 10. The number of halogens is 1. The summed E-state index contributed by atoms with van der Waals surface area (Å²) in [5.41, 5.74) is -0.591. The van der Waals surface area contributed by atoms with E-state index >= 15 is 0 Å². The van der Waals surface area contributed by atoms with Crippen molar-refractivity contribution >= 4 is 35.3 Å². The molecule has 0 spiro atoms. The van der Waals surface area contributed by atoms with Crippen LogP contribution in [0.1, 0.15) is 45.6 Å². The standard InChI is InChI=1S/C32H44ClN3O9/c1-18-10-9-11-24(42-8)32(40)17-21(43-30(39)34-32)15-26-31(3,45-26)25(44-29(38)19(2)35(4)5)16-27(37)36(6)22-13-20(12-18)14-23(41-7)28(22)33/h9-11,13-14,19,21,24-26,40H,12,15-17H2,1-8H3,(H,34,39)/b11-9+,18-10+/t19-,21?,24+,25-,26?,31-,32-/m0/s1. The van der Waals surface area contributed by atoms with Crippen LogP contribution in [0.25, 0.3) is 0 Å². The van der Waals surface area contributed by atoms with Gasteiger partial charge in [0.1, 0.15) is 40.7 Å². The number of methoxy groups -OCH3 is 2. The molecule has 0 radical (unpaired) electrons.